The summed E-state index contributed by atoms with van der Waals surface area (Å²) in [5.41, 5.74) is -0.0282. The molecule has 1 aromatic carbocycles. The Balaban J connectivity index is 1.48. The predicted octanol–water partition coefficient (Wildman–Crippen LogP) is 0.738. The zero-order valence-corrected chi connectivity index (χ0v) is 17.0. The van der Waals surface area contributed by atoms with Crippen LogP contribution in [-0.2, 0) is 10.0 Å². The Morgan fingerprint density at radius 2 is 1.90 bits per heavy atom. The zero-order valence-electron chi connectivity index (χ0n) is 16.2. The SMILES string of the molecule is CCNc1ccc(N2CCN(S(=O)(=O)c3ccc(F)c(-c4nn[nH]n4)c3)CC2)nn1. The molecule has 0 radical (unpaired) electrons. The van der Waals surface area contributed by atoms with E-state index in [1.807, 2.05) is 24.0 Å². The molecule has 1 aliphatic heterocycles. The second kappa shape index (κ2) is 8.28. The van der Waals surface area contributed by atoms with Gasteiger partial charge in [-0.25, -0.2) is 12.8 Å². The lowest BCUT2D eigenvalue weighted by molar-refractivity contribution is 0.383. The van der Waals surface area contributed by atoms with Crippen molar-refractivity contribution in [3.63, 3.8) is 0 Å². The Labute approximate surface area is 172 Å². The molecule has 1 aliphatic rings. The number of nitrogens with zero attached hydrogens (tertiary/aromatic N) is 7. The molecular formula is C17H20FN9O2S. The monoisotopic (exact) mass is 433 g/mol. The molecular weight excluding hydrogens is 413 g/mol. The van der Waals surface area contributed by atoms with Crippen LogP contribution in [0.3, 0.4) is 0 Å². The van der Waals surface area contributed by atoms with Crippen molar-refractivity contribution in [2.24, 2.45) is 0 Å². The normalized spacial score (nSPS) is 15.3. The van der Waals surface area contributed by atoms with E-state index >= 15 is 0 Å². The second-order valence-electron chi connectivity index (χ2n) is 6.58. The van der Waals surface area contributed by atoms with Crippen molar-refractivity contribution >= 4 is 21.7 Å². The molecule has 30 heavy (non-hydrogen) atoms. The lowest BCUT2D eigenvalue weighted by atomic mass is 10.2. The summed E-state index contributed by atoms with van der Waals surface area (Å²) in [4.78, 5) is 1.95. The van der Waals surface area contributed by atoms with Gasteiger partial charge in [0.25, 0.3) is 0 Å². The maximum atomic E-state index is 14.1. The quantitative estimate of drug-likeness (QED) is 0.577. The Morgan fingerprint density at radius 3 is 2.53 bits per heavy atom. The van der Waals surface area contributed by atoms with E-state index < -0.39 is 15.8 Å². The first-order valence-electron chi connectivity index (χ1n) is 9.35. The third kappa shape index (κ3) is 3.93. The Kier molecular flexibility index (Phi) is 5.55. The first-order chi connectivity index (χ1) is 14.5. The van der Waals surface area contributed by atoms with Gasteiger partial charge in [-0.3, -0.25) is 0 Å². The largest absolute Gasteiger partial charge is 0.369 e. The summed E-state index contributed by atoms with van der Waals surface area (Å²) in [7, 11) is -3.80. The van der Waals surface area contributed by atoms with Crippen LogP contribution in [0, 0.1) is 5.82 Å². The molecule has 0 bridgehead atoms. The minimum atomic E-state index is -3.80. The highest BCUT2D eigenvalue weighted by molar-refractivity contribution is 7.89. The summed E-state index contributed by atoms with van der Waals surface area (Å²) in [5.74, 6) is 0.750. The molecule has 0 atom stereocenters. The summed E-state index contributed by atoms with van der Waals surface area (Å²) in [6.45, 7) is 4.20. The molecule has 2 aromatic heterocycles. The number of aromatic amines is 1. The first-order valence-corrected chi connectivity index (χ1v) is 10.8. The molecule has 0 unspecified atom stereocenters. The van der Waals surface area contributed by atoms with Gasteiger partial charge in [0.1, 0.15) is 11.6 Å². The van der Waals surface area contributed by atoms with Crippen molar-refractivity contribution < 1.29 is 12.8 Å². The van der Waals surface area contributed by atoms with E-state index in [2.05, 4.69) is 36.1 Å². The molecule has 13 heteroatoms. The fourth-order valence-electron chi connectivity index (χ4n) is 3.19. The van der Waals surface area contributed by atoms with Crippen LogP contribution in [0.5, 0.6) is 0 Å². The number of piperazine rings is 1. The molecule has 3 aromatic rings. The van der Waals surface area contributed by atoms with Crippen LogP contribution >= 0.6 is 0 Å². The minimum Gasteiger partial charge on any atom is -0.369 e. The average molecular weight is 433 g/mol. The number of tetrazole rings is 1. The van der Waals surface area contributed by atoms with Gasteiger partial charge in [0.05, 0.1) is 10.5 Å². The molecule has 158 valence electrons. The first kappa shape index (κ1) is 20.1. The molecule has 4 rings (SSSR count). The number of halogens is 1. The van der Waals surface area contributed by atoms with Gasteiger partial charge >= 0.3 is 0 Å². The minimum absolute atomic E-state index is 0.00560. The van der Waals surface area contributed by atoms with Crippen LogP contribution in [-0.4, -0.2) is 76.3 Å². The number of sulfonamides is 1. The predicted molar refractivity (Wildman–Crippen MR) is 107 cm³/mol. The zero-order chi connectivity index (χ0) is 21.1. The topological polar surface area (TPSA) is 133 Å². The highest BCUT2D eigenvalue weighted by Gasteiger charge is 2.30. The second-order valence-corrected chi connectivity index (χ2v) is 8.51. The molecule has 1 saturated heterocycles. The van der Waals surface area contributed by atoms with Crippen molar-refractivity contribution in [3.8, 4) is 11.4 Å². The molecule has 1 fully saturated rings. The Bertz CT molecular complexity index is 1100. The maximum absolute atomic E-state index is 14.1. The van der Waals surface area contributed by atoms with Crippen molar-refractivity contribution in [1.29, 1.82) is 0 Å². The third-order valence-corrected chi connectivity index (χ3v) is 6.63. The van der Waals surface area contributed by atoms with Crippen LogP contribution in [0.1, 0.15) is 6.92 Å². The molecule has 0 aliphatic carbocycles. The van der Waals surface area contributed by atoms with Gasteiger partial charge in [0, 0.05) is 32.7 Å². The van der Waals surface area contributed by atoms with E-state index in [1.54, 1.807) is 0 Å². The summed E-state index contributed by atoms with van der Waals surface area (Å²) < 4.78 is 41.6. The van der Waals surface area contributed by atoms with Gasteiger partial charge in [0.15, 0.2) is 5.82 Å². The molecule has 0 saturated carbocycles. The van der Waals surface area contributed by atoms with E-state index in [0.29, 0.717) is 24.7 Å². The van der Waals surface area contributed by atoms with Gasteiger partial charge in [-0.2, -0.15) is 9.52 Å². The standard InChI is InChI=1S/C17H20FN9O2S/c1-2-19-15-5-6-16(21-20-15)26-7-9-27(10-8-26)30(28,29)12-3-4-14(18)13(11-12)17-22-24-25-23-17/h3-6,11H,2,7-10H2,1H3,(H,19,20)(H,22,23,24,25). The lowest BCUT2D eigenvalue weighted by Gasteiger charge is -2.34. The van der Waals surface area contributed by atoms with E-state index in [0.717, 1.165) is 12.6 Å². The average Bonchev–Trinajstić information content (AvgIpc) is 3.29. The van der Waals surface area contributed by atoms with E-state index in [-0.39, 0.29) is 29.4 Å². The van der Waals surface area contributed by atoms with Crippen LogP contribution < -0.4 is 10.2 Å². The van der Waals surface area contributed by atoms with Gasteiger partial charge < -0.3 is 10.2 Å². The molecule has 0 spiro atoms. The fraction of sp³-hybridized carbons (Fsp3) is 0.353. The summed E-state index contributed by atoms with van der Waals surface area (Å²) >= 11 is 0. The number of rotatable bonds is 6. The summed E-state index contributed by atoms with van der Waals surface area (Å²) in [5, 5.41) is 24.5. The van der Waals surface area contributed by atoms with Crippen molar-refractivity contribution in [3.05, 3.63) is 36.1 Å². The van der Waals surface area contributed by atoms with Crippen molar-refractivity contribution in [2.45, 2.75) is 11.8 Å². The smallest absolute Gasteiger partial charge is 0.243 e. The van der Waals surface area contributed by atoms with Crippen LogP contribution in [0.15, 0.2) is 35.2 Å². The van der Waals surface area contributed by atoms with E-state index in [9.17, 15) is 12.8 Å². The molecule has 0 amide bonds. The highest BCUT2D eigenvalue weighted by Crippen LogP contribution is 2.25. The number of nitrogens with one attached hydrogen (secondary N) is 2. The fourth-order valence-corrected chi connectivity index (χ4v) is 4.64. The van der Waals surface area contributed by atoms with Gasteiger partial charge in [0.2, 0.25) is 15.8 Å². The van der Waals surface area contributed by atoms with Crippen LogP contribution in [0.25, 0.3) is 11.4 Å². The van der Waals surface area contributed by atoms with Gasteiger partial charge in [-0.1, -0.05) is 0 Å². The summed E-state index contributed by atoms with van der Waals surface area (Å²) in [6.07, 6.45) is 0. The Morgan fingerprint density at radius 1 is 1.10 bits per heavy atom. The molecule has 3 heterocycles. The van der Waals surface area contributed by atoms with Crippen LogP contribution in [0.4, 0.5) is 16.0 Å². The number of hydrogen-bond donors (Lipinski definition) is 2. The van der Waals surface area contributed by atoms with Crippen molar-refractivity contribution in [2.75, 3.05) is 42.9 Å². The number of hydrogen-bond acceptors (Lipinski definition) is 9. The maximum Gasteiger partial charge on any atom is 0.243 e. The molecule has 2 N–H and O–H groups in total. The van der Waals surface area contributed by atoms with Crippen LogP contribution in [0.2, 0.25) is 0 Å². The number of anilines is 2. The highest BCUT2D eigenvalue weighted by atomic mass is 32.2. The van der Waals surface area contributed by atoms with E-state index in [4.69, 9.17) is 0 Å². The molecule has 11 nitrogen and oxygen atoms in total. The van der Waals surface area contributed by atoms with Gasteiger partial charge in [-0.15, -0.1) is 20.4 Å². The van der Waals surface area contributed by atoms with Crippen molar-refractivity contribution in [1.82, 2.24) is 35.1 Å². The number of aromatic nitrogens is 6. The number of benzene rings is 1. The summed E-state index contributed by atoms with van der Waals surface area (Å²) in [6, 6.07) is 7.26. The van der Waals surface area contributed by atoms with E-state index in [1.165, 1.54) is 16.4 Å². The third-order valence-electron chi connectivity index (χ3n) is 4.73. The number of H-pyrrole nitrogens is 1. The Hall–Kier alpha value is -3.19. The lowest BCUT2D eigenvalue weighted by Crippen LogP contribution is -2.49. The van der Waals surface area contributed by atoms with Gasteiger partial charge in [-0.05, 0) is 42.5 Å².